The van der Waals surface area contributed by atoms with Gasteiger partial charge in [0.25, 0.3) is 0 Å². The van der Waals surface area contributed by atoms with Gasteiger partial charge in [0, 0.05) is 19.8 Å². The summed E-state index contributed by atoms with van der Waals surface area (Å²) in [4.78, 5) is -1.42. The number of rotatable bonds is 5. The Hall–Kier alpha value is 0.770. The summed E-state index contributed by atoms with van der Waals surface area (Å²) in [6, 6.07) is 7.96. The molecule has 156 valence electrons. The molecular formula is C14H15N2Na3O9S3. The van der Waals surface area contributed by atoms with Crippen molar-refractivity contribution in [3.63, 3.8) is 0 Å². The number of benzene rings is 2. The molecule has 11 nitrogen and oxygen atoms in total. The van der Waals surface area contributed by atoms with Crippen molar-refractivity contribution in [1.82, 2.24) is 0 Å². The molecule has 0 aliphatic heterocycles. The van der Waals surface area contributed by atoms with Crippen LogP contribution in [-0.4, -0.2) is 53.0 Å². The molecule has 0 atom stereocenters. The zero-order valence-corrected chi connectivity index (χ0v) is 25.9. The monoisotopic (exact) mass is 520 g/mol. The smallest absolute Gasteiger partial charge is 0.744 e. The van der Waals surface area contributed by atoms with Crippen molar-refractivity contribution in [2.24, 2.45) is 0 Å². The summed E-state index contributed by atoms with van der Waals surface area (Å²) >= 11 is 0. The molecule has 0 saturated heterocycles. The minimum absolute atomic E-state index is 0. The van der Waals surface area contributed by atoms with Gasteiger partial charge >= 0.3 is 88.7 Å². The Morgan fingerprint density at radius 1 is 0.613 bits per heavy atom. The van der Waals surface area contributed by atoms with Crippen LogP contribution in [0.2, 0.25) is 0 Å². The van der Waals surface area contributed by atoms with E-state index in [0.29, 0.717) is 0 Å². The number of anilines is 2. The summed E-state index contributed by atoms with van der Waals surface area (Å²) in [7, 11) is -10.7. The first-order chi connectivity index (χ1) is 12.7. The van der Waals surface area contributed by atoms with Crippen LogP contribution in [0, 0.1) is 0 Å². The Morgan fingerprint density at radius 2 is 1.03 bits per heavy atom. The fourth-order valence-corrected chi connectivity index (χ4v) is 3.50. The molecule has 0 amide bonds. The van der Waals surface area contributed by atoms with E-state index in [1.807, 2.05) is 0 Å². The van der Waals surface area contributed by atoms with Gasteiger partial charge in [-0.15, -0.1) is 0 Å². The first-order valence-corrected chi connectivity index (χ1v) is 11.4. The third kappa shape index (κ3) is 12.2. The SMILES string of the molecule is CNc1cc(S(=O)(=O)[O-])ccc1S(=O)(=O)[O-].CNc1ccc(S(=O)(=O)[O-])cc1.[Na+].[Na+].[Na+]. The second-order valence-corrected chi connectivity index (χ2v) is 9.15. The molecule has 0 radical (unpaired) electrons. The average Bonchev–Trinajstić information content (AvgIpc) is 2.59. The van der Waals surface area contributed by atoms with Crippen molar-refractivity contribution in [2.75, 3.05) is 24.7 Å². The predicted octanol–water partition coefficient (Wildman–Crippen LogP) is -8.82. The minimum Gasteiger partial charge on any atom is -0.744 e. The van der Waals surface area contributed by atoms with Gasteiger partial charge in [-0.3, -0.25) is 0 Å². The molecule has 2 N–H and O–H groups in total. The second-order valence-electron chi connectivity index (χ2n) is 5.04. The van der Waals surface area contributed by atoms with Gasteiger partial charge in [0.2, 0.25) is 0 Å². The zero-order valence-electron chi connectivity index (χ0n) is 17.4. The topological polar surface area (TPSA) is 196 Å². The van der Waals surface area contributed by atoms with Crippen LogP contribution in [0.1, 0.15) is 0 Å². The summed E-state index contributed by atoms with van der Waals surface area (Å²) in [6.45, 7) is 0. The molecule has 0 spiro atoms. The van der Waals surface area contributed by atoms with E-state index in [9.17, 15) is 38.9 Å². The third-order valence-electron chi connectivity index (χ3n) is 3.21. The molecule has 2 aromatic carbocycles. The average molecular weight is 520 g/mol. The normalized spacial score (nSPS) is 10.7. The van der Waals surface area contributed by atoms with Crippen molar-refractivity contribution >= 4 is 41.7 Å². The summed E-state index contributed by atoms with van der Waals surface area (Å²) in [5.41, 5.74) is 0.536. The molecule has 0 aliphatic rings. The molecule has 0 saturated carbocycles. The summed E-state index contributed by atoms with van der Waals surface area (Å²) in [5.74, 6) is 0. The molecule has 0 fully saturated rings. The van der Waals surface area contributed by atoms with E-state index in [1.165, 1.54) is 31.3 Å². The number of hydrogen-bond donors (Lipinski definition) is 2. The molecule has 2 rings (SSSR count). The molecule has 0 aliphatic carbocycles. The maximum Gasteiger partial charge on any atom is 1.00 e. The van der Waals surface area contributed by atoms with Crippen LogP contribution in [0.5, 0.6) is 0 Å². The molecule has 0 heterocycles. The molecule has 17 heteroatoms. The first-order valence-electron chi connectivity index (χ1n) is 7.17. The molecule has 31 heavy (non-hydrogen) atoms. The van der Waals surface area contributed by atoms with E-state index in [0.717, 1.165) is 23.9 Å². The zero-order chi connectivity index (χ0) is 21.8. The fourth-order valence-electron chi connectivity index (χ4n) is 1.87. The second kappa shape index (κ2) is 14.9. The van der Waals surface area contributed by atoms with Crippen molar-refractivity contribution in [2.45, 2.75) is 14.7 Å². The van der Waals surface area contributed by atoms with Gasteiger partial charge in [0.15, 0.2) is 0 Å². The Bertz CT molecular complexity index is 1160. The summed E-state index contributed by atoms with van der Waals surface area (Å²) in [6.07, 6.45) is 0. The Kier molecular flexibility index (Phi) is 17.5. The van der Waals surface area contributed by atoms with Crippen molar-refractivity contribution in [3.05, 3.63) is 42.5 Å². The number of nitrogens with one attached hydrogen (secondary N) is 2. The van der Waals surface area contributed by atoms with E-state index < -0.39 is 40.1 Å². The molecular weight excluding hydrogens is 505 g/mol. The minimum atomic E-state index is -4.72. The first kappa shape index (κ1) is 36.3. The van der Waals surface area contributed by atoms with E-state index in [2.05, 4.69) is 10.6 Å². The van der Waals surface area contributed by atoms with Gasteiger partial charge in [-0.2, -0.15) is 0 Å². The van der Waals surface area contributed by atoms with E-state index in [-0.39, 0.29) is 99.3 Å². The van der Waals surface area contributed by atoms with Gasteiger partial charge in [0.05, 0.1) is 20.4 Å². The molecule has 0 unspecified atom stereocenters. The van der Waals surface area contributed by atoms with E-state index in [1.54, 1.807) is 7.05 Å². The molecule has 0 bridgehead atoms. The van der Waals surface area contributed by atoms with Crippen LogP contribution < -0.4 is 99.3 Å². The van der Waals surface area contributed by atoms with Crippen molar-refractivity contribution < 1.29 is 128 Å². The Morgan fingerprint density at radius 3 is 1.35 bits per heavy atom. The number of hydrogen-bond acceptors (Lipinski definition) is 11. The van der Waals surface area contributed by atoms with Gasteiger partial charge < -0.3 is 24.3 Å². The third-order valence-corrected chi connectivity index (χ3v) is 5.79. The van der Waals surface area contributed by atoms with Gasteiger partial charge in [0.1, 0.15) is 30.4 Å². The largest absolute Gasteiger partial charge is 1.00 e. The van der Waals surface area contributed by atoms with Gasteiger partial charge in [-0.1, -0.05) is 0 Å². The van der Waals surface area contributed by atoms with Gasteiger partial charge in [-0.25, -0.2) is 25.3 Å². The van der Waals surface area contributed by atoms with Crippen LogP contribution in [-0.2, 0) is 30.4 Å². The van der Waals surface area contributed by atoms with Crippen LogP contribution in [0.15, 0.2) is 57.2 Å². The maximum absolute atomic E-state index is 10.8. The molecule has 2 aromatic rings. The van der Waals surface area contributed by atoms with E-state index in [4.69, 9.17) is 0 Å². The van der Waals surface area contributed by atoms with Crippen LogP contribution >= 0.6 is 0 Å². The molecule has 0 aromatic heterocycles. The summed E-state index contributed by atoms with van der Waals surface area (Å²) < 4.78 is 95.6. The van der Waals surface area contributed by atoms with Crippen LogP contribution in [0.4, 0.5) is 11.4 Å². The standard InChI is InChI=1S/C7H9NO6S2.C7H9NO3S.3Na/c1-8-6-4-5(15(9,10)11)2-3-7(6)16(12,13)14;1-8-6-2-4-7(5-3-6)12(9,10)11;;;/h2-4,8H,1H3,(H,9,10,11)(H,12,13,14);2-5,8H,1H3,(H,9,10,11);;;/q;;3*+1/p-3. The van der Waals surface area contributed by atoms with Crippen LogP contribution in [0.25, 0.3) is 0 Å². The Labute approximate surface area is 247 Å². The maximum atomic E-state index is 10.8. The quantitative estimate of drug-likeness (QED) is 0.281. The van der Waals surface area contributed by atoms with Crippen molar-refractivity contribution in [1.29, 1.82) is 0 Å². The Balaban J connectivity index is -0.000000476. The summed E-state index contributed by atoms with van der Waals surface area (Å²) in [5, 5.41) is 5.14. The van der Waals surface area contributed by atoms with Crippen LogP contribution in [0.3, 0.4) is 0 Å². The van der Waals surface area contributed by atoms with E-state index >= 15 is 0 Å². The van der Waals surface area contributed by atoms with Crippen molar-refractivity contribution in [3.8, 4) is 0 Å². The fraction of sp³-hybridized carbons (Fsp3) is 0.143. The van der Waals surface area contributed by atoms with Gasteiger partial charge in [-0.05, 0) is 42.5 Å². The predicted molar refractivity (Wildman–Crippen MR) is 95.9 cm³/mol.